The Morgan fingerprint density at radius 2 is 1.70 bits per heavy atom. The molecule has 3 aromatic carbocycles. The van der Waals surface area contributed by atoms with Gasteiger partial charge in [-0.1, -0.05) is 41.9 Å². The number of fused-ring (bicyclic) bond motifs is 1. The van der Waals surface area contributed by atoms with Crippen molar-refractivity contribution in [1.82, 2.24) is 15.1 Å². The lowest BCUT2D eigenvalue weighted by Gasteiger charge is -2.27. The van der Waals surface area contributed by atoms with Crippen LogP contribution in [0.4, 0.5) is 0 Å². The van der Waals surface area contributed by atoms with Crippen LogP contribution in [0.3, 0.4) is 0 Å². The number of amides is 1. The lowest BCUT2D eigenvalue weighted by atomic mass is 9.96. The summed E-state index contributed by atoms with van der Waals surface area (Å²) in [5.74, 6) is 2.04. The highest BCUT2D eigenvalue weighted by Gasteiger charge is 2.42. The molecule has 0 saturated carbocycles. The van der Waals surface area contributed by atoms with Gasteiger partial charge < -0.3 is 19.1 Å². The molecule has 1 atom stereocenters. The third kappa shape index (κ3) is 4.74. The minimum absolute atomic E-state index is 0.0814. The molecule has 5 rings (SSSR count). The molecule has 190 valence electrons. The molecule has 0 spiro atoms. The molecule has 2 heterocycles. The topological polar surface area (TPSA) is 76.7 Å². The number of aromatic amines is 1. The first-order chi connectivity index (χ1) is 18.0. The van der Waals surface area contributed by atoms with Crippen molar-refractivity contribution in [3.05, 3.63) is 94.1 Å². The predicted octanol–water partition coefficient (Wildman–Crippen LogP) is 5.93. The smallest absolute Gasteiger partial charge is 0.273 e. The summed E-state index contributed by atoms with van der Waals surface area (Å²) in [5, 5.41) is 8.19. The van der Waals surface area contributed by atoms with Crippen molar-refractivity contribution >= 4 is 17.5 Å². The number of methoxy groups -OCH3 is 2. The van der Waals surface area contributed by atoms with E-state index in [1.54, 1.807) is 14.2 Å². The SMILES string of the molecule is CCOc1ccc(C2c3c(-c4ccc(Cl)cc4)n[nH]c3C(=O)N2CCc2ccc(OC)c(OC)c2)cc1. The number of nitrogens with zero attached hydrogens (tertiary/aromatic N) is 2. The molecule has 1 aliphatic rings. The maximum atomic E-state index is 13.7. The van der Waals surface area contributed by atoms with Crippen molar-refractivity contribution in [2.75, 3.05) is 27.4 Å². The Bertz CT molecular complexity index is 1400. The van der Waals surface area contributed by atoms with E-state index in [0.717, 1.165) is 33.7 Å². The highest BCUT2D eigenvalue weighted by molar-refractivity contribution is 6.30. The molecule has 0 radical (unpaired) electrons. The average Bonchev–Trinajstić information content (AvgIpc) is 3.47. The van der Waals surface area contributed by atoms with Gasteiger partial charge >= 0.3 is 0 Å². The monoisotopic (exact) mass is 517 g/mol. The van der Waals surface area contributed by atoms with Crippen molar-refractivity contribution < 1.29 is 19.0 Å². The summed E-state index contributed by atoms with van der Waals surface area (Å²) in [7, 11) is 3.23. The van der Waals surface area contributed by atoms with Crippen molar-refractivity contribution in [2.24, 2.45) is 0 Å². The maximum Gasteiger partial charge on any atom is 0.273 e. The highest BCUT2D eigenvalue weighted by Crippen LogP contribution is 2.43. The molecule has 0 saturated heterocycles. The van der Waals surface area contributed by atoms with E-state index in [-0.39, 0.29) is 11.9 Å². The summed E-state index contributed by atoms with van der Waals surface area (Å²) in [6, 6.07) is 20.9. The van der Waals surface area contributed by atoms with Crippen LogP contribution in [-0.4, -0.2) is 48.4 Å². The van der Waals surface area contributed by atoms with Gasteiger partial charge in [0.2, 0.25) is 0 Å². The number of rotatable bonds is 9. The molecule has 1 amide bonds. The number of hydrogen-bond acceptors (Lipinski definition) is 5. The Morgan fingerprint density at radius 1 is 0.973 bits per heavy atom. The number of carbonyl (C=O) groups excluding carboxylic acids is 1. The standard InChI is InChI=1S/C29H28ClN3O4/c1-4-37-22-12-8-20(9-13-22)28-25-26(19-6-10-21(30)11-7-19)31-32-27(25)29(34)33(28)16-15-18-5-14-23(35-2)24(17-18)36-3/h5-14,17,28H,4,15-16H2,1-3H3,(H,31,32). The number of nitrogens with one attached hydrogen (secondary N) is 1. The first-order valence-electron chi connectivity index (χ1n) is 12.1. The molecule has 1 N–H and O–H groups in total. The Morgan fingerprint density at radius 3 is 2.38 bits per heavy atom. The molecule has 0 aliphatic carbocycles. The fourth-order valence-corrected chi connectivity index (χ4v) is 4.93. The van der Waals surface area contributed by atoms with Gasteiger partial charge in [-0.15, -0.1) is 0 Å². The van der Waals surface area contributed by atoms with Gasteiger partial charge in [0.1, 0.15) is 11.4 Å². The second-order valence-corrected chi connectivity index (χ2v) is 9.15. The van der Waals surface area contributed by atoms with E-state index in [0.29, 0.717) is 41.8 Å². The van der Waals surface area contributed by atoms with Gasteiger partial charge in [-0.05, 0) is 60.9 Å². The zero-order valence-corrected chi connectivity index (χ0v) is 21.7. The summed E-state index contributed by atoms with van der Waals surface area (Å²) in [6.07, 6.45) is 0.646. The third-order valence-corrected chi connectivity index (χ3v) is 6.83. The quantitative estimate of drug-likeness (QED) is 0.297. The molecule has 7 nitrogen and oxygen atoms in total. The van der Waals surface area contributed by atoms with Crippen LogP contribution in [0.15, 0.2) is 66.7 Å². The van der Waals surface area contributed by atoms with Gasteiger partial charge in [0, 0.05) is 22.7 Å². The highest BCUT2D eigenvalue weighted by atomic mass is 35.5. The normalized spacial score (nSPS) is 14.5. The van der Waals surface area contributed by atoms with Crippen LogP contribution in [-0.2, 0) is 6.42 Å². The van der Waals surface area contributed by atoms with Crippen LogP contribution in [0.25, 0.3) is 11.3 Å². The lowest BCUT2D eigenvalue weighted by Crippen LogP contribution is -2.31. The summed E-state index contributed by atoms with van der Waals surface area (Å²) in [4.78, 5) is 15.6. The van der Waals surface area contributed by atoms with Crippen LogP contribution in [0, 0.1) is 0 Å². The molecule has 1 aromatic heterocycles. The zero-order valence-electron chi connectivity index (χ0n) is 21.0. The second-order valence-electron chi connectivity index (χ2n) is 8.71. The van der Waals surface area contributed by atoms with Crippen molar-refractivity contribution in [3.8, 4) is 28.5 Å². The lowest BCUT2D eigenvalue weighted by molar-refractivity contribution is 0.0746. The minimum Gasteiger partial charge on any atom is -0.494 e. The number of hydrogen-bond donors (Lipinski definition) is 1. The molecular formula is C29H28ClN3O4. The molecular weight excluding hydrogens is 490 g/mol. The maximum absolute atomic E-state index is 13.7. The van der Waals surface area contributed by atoms with E-state index < -0.39 is 0 Å². The van der Waals surface area contributed by atoms with Crippen molar-refractivity contribution in [3.63, 3.8) is 0 Å². The van der Waals surface area contributed by atoms with E-state index in [2.05, 4.69) is 10.2 Å². The van der Waals surface area contributed by atoms with E-state index in [4.69, 9.17) is 25.8 Å². The average molecular weight is 518 g/mol. The van der Waals surface area contributed by atoms with Gasteiger partial charge in [0.25, 0.3) is 5.91 Å². The number of benzene rings is 3. The zero-order chi connectivity index (χ0) is 25.9. The van der Waals surface area contributed by atoms with E-state index in [1.165, 1.54) is 0 Å². The molecule has 8 heteroatoms. The van der Waals surface area contributed by atoms with Crippen LogP contribution >= 0.6 is 11.6 Å². The largest absolute Gasteiger partial charge is 0.494 e. The number of aromatic nitrogens is 2. The molecule has 1 unspecified atom stereocenters. The first-order valence-corrected chi connectivity index (χ1v) is 12.5. The third-order valence-electron chi connectivity index (χ3n) is 6.58. The Hall–Kier alpha value is -3.97. The fraction of sp³-hybridized carbons (Fsp3) is 0.241. The minimum atomic E-state index is -0.303. The van der Waals surface area contributed by atoms with Crippen LogP contribution in [0.2, 0.25) is 5.02 Å². The summed E-state index contributed by atoms with van der Waals surface area (Å²) < 4.78 is 16.5. The molecule has 1 aliphatic heterocycles. The number of ether oxygens (including phenoxy) is 3. The van der Waals surface area contributed by atoms with Gasteiger partial charge in [-0.3, -0.25) is 9.89 Å². The molecule has 0 bridgehead atoms. The van der Waals surface area contributed by atoms with Gasteiger partial charge in [-0.2, -0.15) is 5.10 Å². The fourth-order valence-electron chi connectivity index (χ4n) is 4.80. The Kier molecular flexibility index (Phi) is 7.06. The Labute approximate surface area is 220 Å². The molecule has 37 heavy (non-hydrogen) atoms. The van der Waals surface area contributed by atoms with Crippen molar-refractivity contribution in [1.29, 1.82) is 0 Å². The van der Waals surface area contributed by atoms with Gasteiger partial charge in [0.05, 0.1) is 32.6 Å². The van der Waals surface area contributed by atoms with Gasteiger partial charge in [0.15, 0.2) is 11.5 Å². The Balaban J connectivity index is 1.52. The van der Waals surface area contributed by atoms with Crippen LogP contribution in [0.1, 0.15) is 40.1 Å². The van der Waals surface area contributed by atoms with Crippen LogP contribution in [0.5, 0.6) is 17.2 Å². The second kappa shape index (κ2) is 10.6. The van der Waals surface area contributed by atoms with Crippen molar-refractivity contribution in [2.45, 2.75) is 19.4 Å². The van der Waals surface area contributed by atoms with Crippen LogP contribution < -0.4 is 14.2 Å². The molecule has 0 fully saturated rings. The summed E-state index contributed by atoms with van der Waals surface area (Å²) >= 11 is 6.12. The number of H-pyrrole nitrogens is 1. The summed E-state index contributed by atoms with van der Waals surface area (Å²) in [6.45, 7) is 3.05. The summed E-state index contributed by atoms with van der Waals surface area (Å²) in [5.41, 5.74) is 5.04. The van der Waals surface area contributed by atoms with E-state index in [1.807, 2.05) is 78.6 Å². The first kappa shape index (κ1) is 24.7. The molecule has 4 aromatic rings. The van der Waals surface area contributed by atoms with E-state index in [9.17, 15) is 4.79 Å². The predicted molar refractivity (Wildman–Crippen MR) is 143 cm³/mol. The van der Waals surface area contributed by atoms with Gasteiger partial charge in [-0.25, -0.2) is 0 Å². The number of halogens is 1. The van der Waals surface area contributed by atoms with E-state index >= 15 is 0 Å². The number of carbonyl (C=O) groups is 1.